The van der Waals surface area contributed by atoms with Gasteiger partial charge in [-0.15, -0.1) is 0 Å². The van der Waals surface area contributed by atoms with Crippen molar-refractivity contribution in [3.63, 3.8) is 0 Å². The Bertz CT molecular complexity index is 622. The van der Waals surface area contributed by atoms with Crippen LogP contribution in [0.5, 0.6) is 0 Å². The number of ketones is 1. The van der Waals surface area contributed by atoms with Crippen molar-refractivity contribution < 1.29 is 4.79 Å². The number of anilines is 2. The molecule has 2 aromatic rings. The number of hydrogen-bond donors (Lipinski definition) is 2. The minimum absolute atomic E-state index is 0.159. The maximum absolute atomic E-state index is 12.4. The second-order valence-electron chi connectivity index (χ2n) is 3.94. The first-order valence-corrected chi connectivity index (χ1v) is 5.69. The molecule has 4 nitrogen and oxygen atoms in total. The van der Waals surface area contributed by atoms with E-state index in [0.717, 1.165) is 5.56 Å². The van der Waals surface area contributed by atoms with Crippen LogP contribution in [-0.2, 0) is 0 Å². The minimum Gasteiger partial charge on any atom is -0.398 e. The molecule has 0 aliphatic rings. The Kier molecular flexibility index (Phi) is 3.21. The average molecular weight is 262 g/mol. The van der Waals surface area contributed by atoms with E-state index in [4.69, 9.17) is 23.1 Å². The van der Waals surface area contributed by atoms with Gasteiger partial charge < -0.3 is 11.5 Å². The van der Waals surface area contributed by atoms with E-state index in [1.807, 2.05) is 0 Å². The molecule has 0 saturated carbocycles. The topological polar surface area (TPSA) is 82.0 Å². The Labute approximate surface area is 110 Å². The Morgan fingerprint density at radius 1 is 1.28 bits per heavy atom. The summed E-state index contributed by atoms with van der Waals surface area (Å²) in [4.78, 5) is 16.2. The van der Waals surface area contributed by atoms with Gasteiger partial charge >= 0.3 is 0 Å². The first-order chi connectivity index (χ1) is 8.50. The van der Waals surface area contributed by atoms with Gasteiger partial charge in [0.2, 0.25) is 0 Å². The van der Waals surface area contributed by atoms with Crippen molar-refractivity contribution in [3.05, 3.63) is 52.2 Å². The molecule has 0 amide bonds. The summed E-state index contributed by atoms with van der Waals surface area (Å²) in [5.41, 5.74) is 13.6. The highest BCUT2D eigenvalue weighted by atomic mass is 35.5. The normalized spacial score (nSPS) is 10.3. The lowest BCUT2D eigenvalue weighted by Gasteiger charge is -2.09. The van der Waals surface area contributed by atoms with Crippen molar-refractivity contribution in [2.75, 3.05) is 11.5 Å². The zero-order valence-electron chi connectivity index (χ0n) is 9.77. The molecule has 0 fully saturated rings. The van der Waals surface area contributed by atoms with Gasteiger partial charge in [-0.05, 0) is 24.6 Å². The number of carbonyl (C=O) groups excluding carboxylic acids is 1. The summed E-state index contributed by atoms with van der Waals surface area (Å²) in [5.74, 6) is -0.0708. The Morgan fingerprint density at radius 2 is 2.00 bits per heavy atom. The van der Waals surface area contributed by atoms with Gasteiger partial charge in [0.25, 0.3) is 0 Å². The molecular weight excluding hydrogens is 250 g/mol. The van der Waals surface area contributed by atoms with Crippen molar-refractivity contribution in [3.8, 4) is 0 Å². The standard InChI is InChI=1S/C13H12ClN3O/c1-7-9(3-2-4-11(7)15)12(18)10-5-8(14)6-17-13(10)16/h2-6H,15H2,1H3,(H2,16,17). The van der Waals surface area contributed by atoms with E-state index < -0.39 is 0 Å². The molecule has 2 rings (SSSR count). The first-order valence-electron chi connectivity index (χ1n) is 5.31. The van der Waals surface area contributed by atoms with Crippen LogP contribution in [0.25, 0.3) is 0 Å². The SMILES string of the molecule is Cc1c(N)cccc1C(=O)c1cc(Cl)cnc1N. The summed E-state index contributed by atoms with van der Waals surface area (Å²) >= 11 is 5.82. The number of halogens is 1. The van der Waals surface area contributed by atoms with Crippen LogP contribution in [-0.4, -0.2) is 10.8 Å². The fourth-order valence-electron chi connectivity index (χ4n) is 1.68. The second kappa shape index (κ2) is 4.66. The van der Waals surface area contributed by atoms with Gasteiger partial charge in [-0.3, -0.25) is 4.79 Å². The number of nitrogen functional groups attached to an aromatic ring is 2. The highest BCUT2D eigenvalue weighted by Crippen LogP contribution is 2.23. The fourth-order valence-corrected chi connectivity index (χ4v) is 1.83. The molecule has 0 aliphatic carbocycles. The Balaban J connectivity index is 2.55. The molecule has 0 saturated heterocycles. The van der Waals surface area contributed by atoms with Crippen LogP contribution in [0.2, 0.25) is 5.02 Å². The highest BCUT2D eigenvalue weighted by molar-refractivity contribution is 6.31. The van der Waals surface area contributed by atoms with Crippen molar-refractivity contribution in [1.82, 2.24) is 4.98 Å². The molecule has 0 bridgehead atoms. The Hall–Kier alpha value is -2.07. The monoisotopic (exact) mass is 261 g/mol. The van der Waals surface area contributed by atoms with Crippen LogP contribution in [0, 0.1) is 6.92 Å². The van der Waals surface area contributed by atoms with Gasteiger partial charge in [0.05, 0.1) is 10.6 Å². The molecular formula is C13H12ClN3O. The number of carbonyl (C=O) groups is 1. The third kappa shape index (κ3) is 2.15. The van der Waals surface area contributed by atoms with Crippen LogP contribution >= 0.6 is 11.6 Å². The number of benzene rings is 1. The lowest BCUT2D eigenvalue weighted by atomic mass is 9.98. The molecule has 5 heteroatoms. The van der Waals surface area contributed by atoms with Gasteiger partial charge in [0.15, 0.2) is 5.78 Å². The van der Waals surface area contributed by atoms with Gasteiger partial charge in [-0.1, -0.05) is 23.7 Å². The van der Waals surface area contributed by atoms with Gasteiger partial charge in [-0.25, -0.2) is 4.98 Å². The van der Waals surface area contributed by atoms with Crippen molar-refractivity contribution in [1.29, 1.82) is 0 Å². The third-order valence-corrected chi connectivity index (χ3v) is 2.96. The van der Waals surface area contributed by atoms with Crippen molar-refractivity contribution in [2.45, 2.75) is 6.92 Å². The smallest absolute Gasteiger partial charge is 0.197 e. The first kappa shape index (κ1) is 12.4. The number of rotatable bonds is 2. The third-order valence-electron chi connectivity index (χ3n) is 2.75. The number of nitrogens with zero attached hydrogens (tertiary/aromatic N) is 1. The molecule has 0 atom stereocenters. The molecule has 18 heavy (non-hydrogen) atoms. The largest absolute Gasteiger partial charge is 0.398 e. The van der Waals surface area contributed by atoms with E-state index in [2.05, 4.69) is 4.98 Å². The summed E-state index contributed by atoms with van der Waals surface area (Å²) < 4.78 is 0. The van der Waals surface area contributed by atoms with E-state index in [1.54, 1.807) is 25.1 Å². The van der Waals surface area contributed by atoms with Gasteiger partial charge in [0.1, 0.15) is 5.82 Å². The van der Waals surface area contributed by atoms with E-state index in [0.29, 0.717) is 16.3 Å². The lowest BCUT2D eigenvalue weighted by molar-refractivity contribution is 0.103. The number of aromatic nitrogens is 1. The molecule has 1 aromatic heterocycles. The van der Waals surface area contributed by atoms with Crippen LogP contribution in [0.3, 0.4) is 0 Å². The maximum atomic E-state index is 12.4. The molecule has 0 radical (unpaired) electrons. The van der Waals surface area contributed by atoms with Crippen molar-refractivity contribution >= 4 is 28.9 Å². The average Bonchev–Trinajstić information content (AvgIpc) is 2.35. The number of hydrogen-bond acceptors (Lipinski definition) is 4. The van der Waals surface area contributed by atoms with E-state index in [-0.39, 0.29) is 17.2 Å². The minimum atomic E-state index is -0.229. The Morgan fingerprint density at radius 3 is 2.72 bits per heavy atom. The van der Waals surface area contributed by atoms with Crippen LogP contribution in [0.4, 0.5) is 11.5 Å². The van der Waals surface area contributed by atoms with E-state index in [1.165, 1.54) is 12.3 Å². The van der Waals surface area contributed by atoms with E-state index in [9.17, 15) is 4.79 Å². The predicted octanol–water partition coefficient (Wildman–Crippen LogP) is 2.44. The summed E-state index contributed by atoms with van der Waals surface area (Å²) in [5, 5.41) is 0.370. The van der Waals surface area contributed by atoms with Gasteiger partial charge in [0, 0.05) is 17.4 Å². The molecule has 1 heterocycles. The molecule has 92 valence electrons. The summed E-state index contributed by atoms with van der Waals surface area (Å²) in [6, 6.07) is 6.68. The summed E-state index contributed by atoms with van der Waals surface area (Å²) in [6.45, 7) is 1.79. The highest BCUT2D eigenvalue weighted by Gasteiger charge is 2.16. The van der Waals surface area contributed by atoms with E-state index >= 15 is 0 Å². The van der Waals surface area contributed by atoms with Crippen molar-refractivity contribution in [2.24, 2.45) is 0 Å². The maximum Gasteiger partial charge on any atom is 0.197 e. The number of nitrogens with two attached hydrogens (primary N) is 2. The second-order valence-corrected chi connectivity index (χ2v) is 4.37. The zero-order valence-corrected chi connectivity index (χ0v) is 10.5. The summed E-state index contributed by atoms with van der Waals surface area (Å²) in [7, 11) is 0. The fraction of sp³-hybridized carbons (Fsp3) is 0.0769. The molecule has 0 aliphatic heterocycles. The molecule has 1 aromatic carbocycles. The lowest BCUT2D eigenvalue weighted by Crippen LogP contribution is -2.09. The quantitative estimate of drug-likeness (QED) is 0.643. The zero-order chi connectivity index (χ0) is 13.3. The van der Waals surface area contributed by atoms with Crippen LogP contribution in [0.15, 0.2) is 30.5 Å². The summed E-state index contributed by atoms with van der Waals surface area (Å²) in [6.07, 6.45) is 1.40. The molecule has 0 unspecified atom stereocenters. The van der Waals surface area contributed by atoms with Gasteiger partial charge in [-0.2, -0.15) is 0 Å². The number of pyridine rings is 1. The molecule has 0 spiro atoms. The van der Waals surface area contributed by atoms with Crippen LogP contribution < -0.4 is 11.5 Å². The van der Waals surface area contributed by atoms with Crippen LogP contribution in [0.1, 0.15) is 21.5 Å². The predicted molar refractivity (Wildman–Crippen MR) is 72.7 cm³/mol. The molecule has 4 N–H and O–H groups in total.